The molecule has 1 amide bonds. The van der Waals surface area contributed by atoms with E-state index in [9.17, 15) is 13.6 Å². The molecule has 1 N–H and O–H groups in total. The van der Waals surface area contributed by atoms with Gasteiger partial charge in [-0.25, -0.2) is 8.78 Å². The number of rotatable bonds is 3. The molecule has 0 saturated heterocycles. The molecular formula is C20H19F2N3OS. The van der Waals surface area contributed by atoms with Gasteiger partial charge in [-0.1, -0.05) is 24.3 Å². The van der Waals surface area contributed by atoms with E-state index in [0.717, 1.165) is 5.69 Å². The van der Waals surface area contributed by atoms with Gasteiger partial charge < -0.3 is 10.2 Å². The van der Waals surface area contributed by atoms with E-state index in [1.54, 1.807) is 25.9 Å². The number of hydrogen-bond acceptors (Lipinski definition) is 2. The summed E-state index contributed by atoms with van der Waals surface area (Å²) in [7, 11) is 3.19. The van der Waals surface area contributed by atoms with Gasteiger partial charge in [0, 0.05) is 25.5 Å². The molecule has 1 aliphatic heterocycles. The maximum Gasteiger partial charge on any atom is 0.253 e. The summed E-state index contributed by atoms with van der Waals surface area (Å²) in [6, 6.07) is 11.9. The zero-order valence-electron chi connectivity index (χ0n) is 15.2. The van der Waals surface area contributed by atoms with Gasteiger partial charge in [-0.2, -0.15) is 0 Å². The highest BCUT2D eigenvalue weighted by Gasteiger charge is 2.37. The molecule has 1 atom stereocenters. The maximum absolute atomic E-state index is 14.5. The van der Waals surface area contributed by atoms with Crippen molar-refractivity contribution in [1.82, 2.24) is 10.2 Å². The van der Waals surface area contributed by atoms with Gasteiger partial charge in [0.1, 0.15) is 11.6 Å². The number of hydrogen-bond donors (Lipinski definition) is 1. The summed E-state index contributed by atoms with van der Waals surface area (Å²) in [5, 5.41) is 3.22. The van der Waals surface area contributed by atoms with Gasteiger partial charge in [-0.15, -0.1) is 0 Å². The van der Waals surface area contributed by atoms with Crippen LogP contribution in [0, 0.1) is 11.6 Å². The Bertz CT molecular complexity index is 908. The van der Waals surface area contributed by atoms with E-state index in [1.807, 2.05) is 30.3 Å². The average molecular weight is 387 g/mol. The molecule has 2 aromatic carbocycles. The highest BCUT2D eigenvalue weighted by molar-refractivity contribution is 7.80. The number of carbonyl (C=O) groups excluding carboxylic acids is 1. The average Bonchev–Trinajstić information content (AvgIpc) is 2.62. The number of likely N-dealkylation sites (N-methyl/N-ethyl adjacent to an activating group) is 1. The number of para-hydroxylation sites is 1. The third kappa shape index (κ3) is 3.42. The smallest absolute Gasteiger partial charge is 0.253 e. The van der Waals surface area contributed by atoms with E-state index in [2.05, 4.69) is 5.32 Å². The number of amides is 1. The van der Waals surface area contributed by atoms with Crippen molar-refractivity contribution in [3.8, 4) is 0 Å². The Kier molecular flexibility index (Phi) is 5.23. The number of carbonyl (C=O) groups is 1. The van der Waals surface area contributed by atoms with Crippen molar-refractivity contribution in [2.45, 2.75) is 13.0 Å². The molecule has 140 valence electrons. The summed E-state index contributed by atoms with van der Waals surface area (Å²) < 4.78 is 28.9. The lowest BCUT2D eigenvalue weighted by atomic mass is 9.93. The second kappa shape index (κ2) is 7.44. The first-order chi connectivity index (χ1) is 12.8. The van der Waals surface area contributed by atoms with E-state index in [-0.39, 0.29) is 22.2 Å². The number of allylic oxidation sites excluding steroid dienone is 1. The predicted octanol–water partition coefficient (Wildman–Crippen LogP) is 3.76. The van der Waals surface area contributed by atoms with Gasteiger partial charge in [0.05, 0.1) is 17.2 Å². The van der Waals surface area contributed by atoms with Gasteiger partial charge in [-0.3, -0.25) is 9.69 Å². The standard InChI is InChI=1S/C20H19F2N3OS/c1-12-16(19(26)24(2)3)18(17-14(21)10-7-11-15(17)22)23-20(27)25(12)13-8-5-4-6-9-13/h4-11,18H,1-3H3,(H,23,27)/t18-/m0/s1. The molecule has 1 heterocycles. The first kappa shape index (κ1) is 19.0. The van der Waals surface area contributed by atoms with Crippen molar-refractivity contribution in [1.29, 1.82) is 0 Å². The Labute approximate surface area is 162 Å². The van der Waals surface area contributed by atoms with Crippen LogP contribution in [0.15, 0.2) is 59.8 Å². The Morgan fingerprint density at radius 3 is 2.22 bits per heavy atom. The van der Waals surface area contributed by atoms with E-state index in [0.29, 0.717) is 5.70 Å². The first-order valence-corrected chi connectivity index (χ1v) is 8.75. The summed E-state index contributed by atoms with van der Waals surface area (Å²) in [5.41, 5.74) is 1.29. The van der Waals surface area contributed by atoms with Crippen molar-refractivity contribution in [3.63, 3.8) is 0 Å². The fourth-order valence-corrected chi connectivity index (χ4v) is 3.51. The third-order valence-corrected chi connectivity index (χ3v) is 4.72. The Hall–Kier alpha value is -2.80. The predicted molar refractivity (Wildman–Crippen MR) is 105 cm³/mol. The van der Waals surface area contributed by atoms with Crippen molar-refractivity contribution < 1.29 is 13.6 Å². The topological polar surface area (TPSA) is 35.6 Å². The minimum atomic E-state index is -1.02. The molecule has 2 aromatic rings. The van der Waals surface area contributed by atoms with Crippen molar-refractivity contribution in [3.05, 3.63) is 77.0 Å². The lowest BCUT2D eigenvalue weighted by Gasteiger charge is -2.38. The molecule has 4 nitrogen and oxygen atoms in total. The summed E-state index contributed by atoms with van der Waals surface area (Å²) >= 11 is 5.47. The zero-order chi connectivity index (χ0) is 19.7. The van der Waals surface area contributed by atoms with Crippen LogP contribution in [-0.4, -0.2) is 30.0 Å². The largest absolute Gasteiger partial charge is 0.351 e. The molecule has 0 radical (unpaired) electrons. The van der Waals surface area contributed by atoms with E-state index >= 15 is 0 Å². The number of anilines is 1. The minimum Gasteiger partial charge on any atom is -0.351 e. The second-order valence-electron chi connectivity index (χ2n) is 6.39. The molecule has 1 aliphatic rings. The quantitative estimate of drug-likeness (QED) is 0.814. The van der Waals surface area contributed by atoms with Crippen LogP contribution in [0.25, 0.3) is 0 Å². The number of nitrogens with one attached hydrogen (secondary N) is 1. The zero-order valence-corrected chi connectivity index (χ0v) is 16.0. The second-order valence-corrected chi connectivity index (χ2v) is 6.77. The molecule has 0 bridgehead atoms. The highest BCUT2D eigenvalue weighted by Crippen LogP contribution is 2.36. The monoisotopic (exact) mass is 387 g/mol. The molecule has 0 spiro atoms. The summed E-state index contributed by atoms with van der Waals surface area (Å²) in [4.78, 5) is 16.0. The first-order valence-electron chi connectivity index (χ1n) is 8.35. The molecule has 0 aromatic heterocycles. The fraction of sp³-hybridized carbons (Fsp3) is 0.200. The van der Waals surface area contributed by atoms with Crippen molar-refractivity contribution in [2.75, 3.05) is 19.0 Å². The molecular weight excluding hydrogens is 368 g/mol. The van der Waals surface area contributed by atoms with Gasteiger partial charge >= 0.3 is 0 Å². The number of nitrogens with zero attached hydrogens (tertiary/aromatic N) is 2. The molecule has 0 fully saturated rings. The fourth-order valence-electron chi connectivity index (χ4n) is 3.15. The van der Waals surface area contributed by atoms with Crippen molar-refractivity contribution in [2.24, 2.45) is 0 Å². The molecule has 27 heavy (non-hydrogen) atoms. The molecule has 7 heteroatoms. The van der Waals surface area contributed by atoms with Crippen LogP contribution in [0.5, 0.6) is 0 Å². The van der Waals surface area contributed by atoms with Crippen LogP contribution in [0.1, 0.15) is 18.5 Å². The van der Waals surface area contributed by atoms with Gasteiger partial charge in [0.2, 0.25) is 0 Å². The van der Waals surface area contributed by atoms with Crippen LogP contribution >= 0.6 is 12.2 Å². The van der Waals surface area contributed by atoms with E-state index < -0.39 is 17.7 Å². The third-order valence-electron chi connectivity index (χ3n) is 4.42. The van der Waals surface area contributed by atoms with Crippen LogP contribution in [-0.2, 0) is 4.79 Å². The summed E-state index contributed by atoms with van der Waals surface area (Å²) in [6.45, 7) is 1.72. The lowest BCUT2D eigenvalue weighted by Crippen LogP contribution is -2.49. The molecule has 3 rings (SSSR count). The van der Waals surface area contributed by atoms with E-state index in [4.69, 9.17) is 12.2 Å². The molecule has 0 aliphatic carbocycles. The molecule has 0 saturated carbocycles. The summed E-state index contributed by atoms with van der Waals surface area (Å²) in [5.74, 6) is -1.82. The van der Waals surface area contributed by atoms with Crippen LogP contribution < -0.4 is 10.2 Å². The van der Waals surface area contributed by atoms with Crippen molar-refractivity contribution >= 4 is 28.9 Å². The van der Waals surface area contributed by atoms with Gasteiger partial charge in [-0.05, 0) is 43.4 Å². The lowest BCUT2D eigenvalue weighted by molar-refractivity contribution is -0.125. The Morgan fingerprint density at radius 2 is 1.67 bits per heavy atom. The van der Waals surface area contributed by atoms with Gasteiger partial charge in [0.25, 0.3) is 5.91 Å². The number of benzene rings is 2. The normalized spacial score (nSPS) is 17.0. The van der Waals surface area contributed by atoms with E-state index in [1.165, 1.54) is 23.1 Å². The van der Waals surface area contributed by atoms with Gasteiger partial charge in [0.15, 0.2) is 5.11 Å². The van der Waals surface area contributed by atoms with Crippen LogP contribution in [0.4, 0.5) is 14.5 Å². The maximum atomic E-state index is 14.5. The highest BCUT2D eigenvalue weighted by atomic mass is 32.1. The number of thiocarbonyl (C=S) groups is 1. The molecule has 0 unspecified atom stereocenters. The SMILES string of the molecule is CC1=C(C(=O)N(C)C)[C@@H](c2c(F)cccc2F)NC(=S)N1c1ccccc1. The van der Waals surface area contributed by atoms with Crippen LogP contribution in [0.3, 0.4) is 0 Å². The minimum absolute atomic E-state index is 0.225. The van der Waals surface area contributed by atoms with Crippen LogP contribution in [0.2, 0.25) is 0 Å². The Balaban J connectivity index is 2.23. The number of halogens is 2. The Morgan fingerprint density at radius 1 is 1.07 bits per heavy atom. The summed E-state index contributed by atoms with van der Waals surface area (Å²) in [6.07, 6.45) is 0.